The molecule has 0 aromatic heterocycles. The lowest BCUT2D eigenvalue weighted by Crippen LogP contribution is -2.43. The quantitative estimate of drug-likeness (QED) is 0.291. The fourth-order valence-electron chi connectivity index (χ4n) is 2.74. The molecule has 0 atom stereocenters. The zero-order valence-corrected chi connectivity index (χ0v) is 21.2. The van der Waals surface area contributed by atoms with Crippen molar-refractivity contribution in [2.75, 3.05) is 41.4 Å². The van der Waals surface area contributed by atoms with Crippen LogP contribution in [-0.4, -0.2) is 58.2 Å². The van der Waals surface area contributed by atoms with Gasteiger partial charge >= 0.3 is 0 Å². The van der Waals surface area contributed by atoms with E-state index in [4.69, 9.17) is 9.47 Å². The van der Waals surface area contributed by atoms with Gasteiger partial charge in [-0.15, -0.1) is 24.0 Å². The number of aryl methyl sites for hydroxylation is 1. The SMILES string of the molecule is COc1ccc(CN=C(NCCc2ccc(C)c(OC)c2)NCC(=O)N(C)C)cc1.I. The van der Waals surface area contributed by atoms with Crippen molar-refractivity contribution in [1.82, 2.24) is 15.5 Å². The van der Waals surface area contributed by atoms with Crippen LogP contribution in [0.4, 0.5) is 0 Å². The predicted octanol–water partition coefficient (Wildman–Crippen LogP) is 3.00. The zero-order valence-electron chi connectivity index (χ0n) is 18.9. The van der Waals surface area contributed by atoms with Crippen LogP contribution in [0, 0.1) is 6.92 Å². The Hall–Kier alpha value is -2.49. The molecule has 2 N–H and O–H groups in total. The van der Waals surface area contributed by atoms with Gasteiger partial charge in [-0.3, -0.25) is 4.79 Å². The second-order valence-electron chi connectivity index (χ2n) is 7.14. The molecule has 0 unspecified atom stereocenters. The predicted molar refractivity (Wildman–Crippen MR) is 136 cm³/mol. The zero-order chi connectivity index (χ0) is 21.9. The molecule has 0 aliphatic rings. The topological polar surface area (TPSA) is 75.2 Å². The van der Waals surface area contributed by atoms with Crippen LogP contribution in [0.1, 0.15) is 16.7 Å². The van der Waals surface area contributed by atoms with E-state index in [-0.39, 0.29) is 36.4 Å². The lowest BCUT2D eigenvalue weighted by molar-refractivity contribution is -0.127. The van der Waals surface area contributed by atoms with Gasteiger partial charge in [-0.2, -0.15) is 0 Å². The molecule has 0 aliphatic carbocycles. The molecule has 2 rings (SSSR count). The second kappa shape index (κ2) is 13.7. The molecule has 7 nitrogen and oxygen atoms in total. The highest BCUT2D eigenvalue weighted by molar-refractivity contribution is 14.0. The normalized spacial score (nSPS) is 10.7. The number of benzene rings is 2. The summed E-state index contributed by atoms with van der Waals surface area (Å²) in [4.78, 5) is 18.1. The number of likely N-dealkylation sites (N-methyl/N-ethyl adjacent to an activating group) is 1. The molecule has 2 aromatic rings. The standard InChI is InChI=1S/C23H32N4O3.HI/c1-17-6-7-18(14-21(17)30-5)12-13-24-23(26-16-22(28)27(2)3)25-15-19-8-10-20(29-4)11-9-19;/h6-11,14H,12-13,15-16H2,1-5H3,(H2,24,25,26);1H. The number of nitrogens with zero attached hydrogens (tertiary/aromatic N) is 2. The molecular formula is C23H33IN4O3. The summed E-state index contributed by atoms with van der Waals surface area (Å²) in [5, 5.41) is 6.42. The number of nitrogens with one attached hydrogen (secondary N) is 2. The van der Waals surface area contributed by atoms with Crippen molar-refractivity contribution in [3.05, 3.63) is 59.2 Å². The van der Waals surface area contributed by atoms with Gasteiger partial charge in [0.25, 0.3) is 0 Å². The Morgan fingerprint density at radius 1 is 1.00 bits per heavy atom. The molecule has 0 saturated carbocycles. The minimum atomic E-state index is -0.0165. The summed E-state index contributed by atoms with van der Waals surface area (Å²) in [5.74, 6) is 2.28. The van der Waals surface area contributed by atoms with E-state index in [2.05, 4.69) is 27.8 Å². The van der Waals surface area contributed by atoms with Crippen molar-refractivity contribution in [3.8, 4) is 11.5 Å². The molecule has 170 valence electrons. The molecule has 0 heterocycles. The molecule has 0 aliphatic heterocycles. The number of rotatable bonds is 9. The average molecular weight is 540 g/mol. The molecule has 0 spiro atoms. The van der Waals surface area contributed by atoms with E-state index in [9.17, 15) is 4.79 Å². The highest BCUT2D eigenvalue weighted by Gasteiger charge is 2.07. The average Bonchev–Trinajstić information content (AvgIpc) is 2.76. The summed E-state index contributed by atoms with van der Waals surface area (Å²) in [6.45, 7) is 3.38. The maximum Gasteiger partial charge on any atom is 0.241 e. The van der Waals surface area contributed by atoms with Crippen LogP contribution in [0.3, 0.4) is 0 Å². The van der Waals surface area contributed by atoms with Gasteiger partial charge in [-0.25, -0.2) is 4.99 Å². The van der Waals surface area contributed by atoms with E-state index in [1.165, 1.54) is 5.56 Å². The fourth-order valence-corrected chi connectivity index (χ4v) is 2.74. The van der Waals surface area contributed by atoms with Gasteiger partial charge in [0.2, 0.25) is 5.91 Å². The highest BCUT2D eigenvalue weighted by atomic mass is 127. The molecule has 0 saturated heterocycles. The number of methoxy groups -OCH3 is 2. The molecule has 1 amide bonds. The largest absolute Gasteiger partial charge is 0.497 e. The van der Waals surface area contributed by atoms with Gasteiger partial charge in [0.05, 0.1) is 27.3 Å². The summed E-state index contributed by atoms with van der Waals surface area (Å²) >= 11 is 0. The first-order valence-corrected chi connectivity index (χ1v) is 9.91. The van der Waals surface area contributed by atoms with Crippen molar-refractivity contribution < 1.29 is 14.3 Å². The number of guanidine groups is 1. The van der Waals surface area contributed by atoms with Gasteiger partial charge in [-0.05, 0) is 48.2 Å². The third-order valence-corrected chi connectivity index (χ3v) is 4.66. The van der Waals surface area contributed by atoms with Crippen LogP contribution in [0.5, 0.6) is 11.5 Å². The number of carbonyl (C=O) groups excluding carboxylic acids is 1. The van der Waals surface area contributed by atoms with Crippen LogP contribution in [-0.2, 0) is 17.8 Å². The van der Waals surface area contributed by atoms with Crippen LogP contribution in [0.25, 0.3) is 0 Å². The number of amides is 1. The molecule has 0 fully saturated rings. The van der Waals surface area contributed by atoms with Crippen molar-refractivity contribution >= 4 is 35.8 Å². The minimum absolute atomic E-state index is 0. The summed E-state index contributed by atoms with van der Waals surface area (Å²) < 4.78 is 10.6. The number of hydrogen-bond acceptors (Lipinski definition) is 4. The molecule has 2 aromatic carbocycles. The molecule has 0 bridgehead atoms. The molecular weight excluding hydrogens is 507 g/mol. The van der Waals surface area contributed by atoms with Crippen molar-refractivity contribution in [2.45, 2.75) is 19.9 Å². The third-order valence-electron chi connectivity index (χ3n) is 4.66. The number of aliphatic imine (C=N–C) groups is 1. The third kappa shape index (κ3) is 9.04. The van der Waals surface area contributed by atoms with Gasteiger partial charge in [0.1, 0.15) is 11.5 Å². The maximum atomic E-state index is 11.9. The maximum absolute atomic E-state index is 11.9. The van der Waals surface area contributed by atoms with Crippen LogP contribution < -0.4 is 20.1 Å². The Labute approximate surface area is 202 Å². The van der Waals surface area contributed by atoms with E-state index in [0.717, 1.165) is 29.0 Å². The van der Waals surface area contributed by atoms with Gasteiger partial charge < -0.3 is 25.0 Å². The van der Waals surface area contributed by atoms with Gasteiger partial charge in [0, 0.05) is 20.6 Å². The lowest BCUT2D eigenvalue weighted by Gasteiger charge is -2.15. The Morgan fingerprint density at radius 2 is 1.68 bits per heavy atom. The van der Waals surface area contributed by atoms with E-state index in [1.807, 2.05) is 37.3 Å². The minimum Gasteiger partial charge on any atom is -0.497 e. The number of ether oxygens (including phenoxy) is 2. The van der Waals surface area contributed by atoms with E-state index >= 15 is 0 Å². The highest BCUT2D eigenvalue weighted by Crippen LogP contribution is 2.19. The monoisotopic (exact) mass is 540 g/mol. The molecule has 0 radical (unpaired) electrons. The Bertz CT molecular complexity index is 854. The van der Waals surface area contributed by atoms with E-state index < -0.39 is 0 Å². The molecule has 31 heavy (non-hydrogen) atoms. The van der Waals surface area contributed by atoms with Gasteiger partial charge in [-0.1, -0.05) is 24.3 Å². The Morgan fingerprint density at radius 3 is 2.29 bits per heavy atom. The van der Waals surface area contributed by atoms with Crippen LogP contribution in [0.15, 0.2) is 47.5 Å². The van der Waals surface area contributed by atoms with Crippen molar-refractivity contribution in [3.63, 3.8) is 0 Å². The number of hydrogen-bond donors (Lipinski definition) is 2. The first-order valence-electron chi connectivity index (χ1n) is 9.91. The summed E-state index contributed by atoms with van der Waals surface area (Å²) in [7, 11) is 6.79. The van der Waals surface area contributed by atoms with Crippen LogP contribution in [0.2, 0.25) is 0 Å². The first-order chi connectivity index (χ1) is 14.4. The van der Waals surface area contributed by atoms with Crippen molar-refractivity contribution in [2.24, 2.45) is 4.99 Å². The Kier molecular flexibility index (Phi) is 11.8. The summed E-state index contributed by atoms with van der Waals surface area (Å²) in [6, 6.07) is 14.0. The smallest absolute Gasteiger partial charge is 0.241 e. The summed E-state index contributed by atoms with van der Waals surface area (Å²) in [5.41, 5.74) is 3.34. The number of halogens is 1. The van der Waals surface area contributed by atoms with E-state index in [0.29, 0.717) is 19.0 Å². The van der Waals surface area contributed by atoms with E-state index in [1.54, 1.807) is 33.2 Å². The fraction of sp³-hybridized carbons (Fsp3) is 0.391. The lowest BCUT2D eigenvalue weighted by atomic mass is 10.1. The van der Waals surface area contributed by atoms with Crippen LogP contribution >= 0.6 is 24.0 Å². The Balaban J connectivity index is 0.00000480. The first kappa shape index (κ1) is 26.5. The van der Waals surface area contributed by atoms with Gasteiger partial charge in [0.15, 0.2) is 5.96 Å². The second-order valence-corrected chi connectivity index (χ2v) is 7.14. The number of carbonyl (C=O) groups is 1. The molecule has 8 heteroatoms. The van der Waals surface area contributed by atoms with Crippen molar-refractivity contribution in [1.29, 1.82) is 0 Å². The summed E-state index contributed by atoms with van der Waals surface area (Å²) in [6.07, 6.45) is 0.807.